The molecule has 1 unspecified atom stereocenters. The Balaban J connectivity index is 1.88. The summed E-state index contributed by atoms with van der Waals surface area (Å²) in [6.07, 6.45) is -2.48. The number of carbonyl (C=O) groups excluding carboxylic acids is 1. The highest BCUT2D eigenvalue weighted by Crippen LogP contribution is 2.32. The molecule has 138 valence electrons. The van der Waals surface area contributed by atoms with Crippen molar-refractivity contribution >= 4 is 29.3 Å². The maximum absolute atomic E-state index is 12.5. The highest BCUT2D eigenvalue weighted by Gasteiger charge is 2.32. The summed E-state index contributed by atoms with van der Waals surface area (Å²) in [7, 11) is 0. The molecule has 25 heavy (non-hydrogen) atoms. The van der Waals surface area contributed by atoms with Crippen LogP contribution in [0.25, 0.3) is 0 Å². The van der Waals surface area contributed by atoms with E-state index in [9.17, 15) is 22.8 Å². The van der Waals surface area contributed by atoms with Crippen LogP contribution in [-0.2, 0) is 15.8 Å². The van der Waals surface area contributed by atoms with Gasteiger partial charge in [0.25, 0.3) is 0 Å². The molecule has 2 rings (SSSR count). The second-order valence-corrected chi connectivity index (χ2v) is 6.12. The molecule has 1 aromatic rings. The van der Waals surface area contributed by atoms with Gasteiger partial charge in [0.2, 0.25) is 5.91 Å². The third kappa shape index (κ3) is 5.22. The summed E-state index contributed by atoms with van der Waals surface area (Å²) in [5.74, 6) is -1.10. The van der Waals surface area contributed by atoms with Crippen molar-refractivity contribution in [3.05, 3.63) is 22.8 Å². The summed E-state index contributed by atoms with van der Waals surface area (Å²) >= 11 is 5.77. The quantitative estimate of drug-likeness (QED) is 0.794. The number of rotatable bonds is 6. The Morgan fingerprint density at radius 2 is 2.16 bits per heavy atom. The second-order valence-electron chi connectivity index (χ2n) is 5.71. The van der Waals surface area contributed by atoms with Gasteiger partial charge in [-0.15, -0.1) is 0 Å². The molecule has 1 aromatic heterocycles. The van der Waals surface area contributed by atoms with Crippen molar-refractivity contribution in [3.63, 3.8) is 0 Å². The molecule has 0 spiro atoms. The van der Waals surface area contributed by atoms with Crippen LogP contribution < -0.4 is 5.32 Å². The predicted octanol–water partition coefficient (Wildman–Crippen LogP) is 3.02. The third-order valence-corrected chi connectivity index (χ3v) is 4.20. The molecule has 0 aromatic carbocycles. The first kappa shape index (κ1) is 19.3. The molecule has 0 radical (unpaired) electrons. The number of nitrogens with one attached hydrogen (secondary N) is 1. The van der Waals surface area contributed by atoms with Gasteiger partial charge < -0.3 is 15.3 Å². The number of carboxylic acid groups (broad SMARTS) is 1. The van der Waals surface area contributed by atoms with E-state index in [1.54, 1.807) is 0 Å². The average molecular weight is 380 g/mol. The highest BCUT2D eigenvalue weighted by molar-refractivity contribution is 6.32. The number of anilines is 1. The topological polar surface area (TPSA) is 82.5 Å². The Morgan fingerprint density at radius 1 is 1.44 bits per heavy atom. The number of likely N-dealkylation sites (tertiary alicyclic amines) is 1. The number of aliphatic carboxylic acids is 1. The Bertz CT molecular complexity index is 655. The molecule has 1 amide bonds. The van der Waals surface area contributed by atoms with E-state index in [-0.39, 0.29) is 42.2 Å². The summed E-state index contributed by atoms with van der Waals surface area (Å²) in [6.45, 7) is 0.642. The molecule has 0 aliphatic carbocycles. The van der Waals surface area contributed by atoms with Gasteiger partial charge >= 0.3 is 12.1 Å². The maximum Gasteiger partial charge on any atom is 0.417 e. The largest absolute Gasteiger partial charge is 0.481 e. The maximum atomic E-state index is 12.5. The van der Waals surface area contributed by atoms with Crippen molar-refractivity contribution in [1.82, 2.24) is 9.88 Å². The minimum atomic E-state index is -4.53. The normalized spacial score (nSPS) is 17.6. The Labute approximate surface area is 147 Å². The van der Waals surface area contributed by atoms with E-state index in [1.165, 1.54) is 4.90 Å². The van der Waals surface area contributed by atoms with Gasteiger partial charge in [0.1, 0.15) is 5.82 Å². The van der Waals surface area contributed by atoms with Crippen molar-refractivity contribution in [3.8, 4) is 0 Å². The fraction of sp³-hybridized carbons (Fsp3) is 0.533. The fourth-order valence-electron chi connectivity index (χ4n) is 2.73. The van der Waals surface area contributed by atoms with Gasteiger partial charge in [-0.05, 0) is 18.9 Å². The van der Waals surface area contributed by atoms with E-state index in [0.717, 1.165) is 12.5 Å². The number of aromatic nitrogens is 1. The summed E-state index contributed by atoms with van der Waals surface area (Å²) in [5, 5.41) is 11.4. The van der Waals surface area contributed by atoms with Crippen LogP contribution in [0.5, 0.6) is 0 Å². The van der Waals surface area contributed by atoms with E-state index < -0.39 is 17.7 Å². The Kier molecular flexibility index (Phi) is 6.10. The first-order valence-corrected chi connectivity index (χ1v) is 8.04. The number of carbonyl (C=O) groups is 2. The van der Waals surface area contributed by atoms with Crippen LogP contribution in [0.15, 0.2) is 12.3 Å². The summed E-state index contributed by atoms with van der Waals surface area (Å²) < 4.78 is 37.6. The van der Waals surface area contributed by atoms with Crippen molar-refractivity contribution in [2.24, 2.45) is 0 Å². The molecule has 1 aliphatic rings. The first-order chi connectivity index (χ1) is 11.7. The monoisotopic (exact) mass is 379 g/mol. The molecule has 1 atom stereocenters. The third-order valence-electron chi connectivity index (χ3n) is 3.91. The summed E-state index contributed by atoms with van der Waals surface area (Å²) in [6, 6.07) is 0.458. The zero-order valence-electron chi connectivity index (χ0n) is 13.1. The smallest absolute Gasteiger partial charge is 0.417 e. The van der Waals surface area contributed by atoms with Crippen LogP contribution in [0.3, 0.4) is 0 Å². The Morgan fingerprint density at radius 3 is 2.76 bits per heavy atom. The number of hydrogen-bond donors (Lipinski definition) is 2. The second kappa shape index (κ2) is 7.90. The van der Waals surface area contributed by atoms with E-state index in [4.69, 9.17) is 16.7 Å². The molecule has 6 nitrogen and oxygen atoms in total. The summed E-state index contributed by atoms with van der Waals surface area (Å²) in [4.78, 5) is 28.2. The van der Waals surface area contributed by atoms with Crippen LogP contribution in [0.2, 0.25) is 5.02 Å². The SMILES string of the molecule is O=C(O)CC1CCCN1C(=O)CCNc1ncc(C(F)(F)F)cc1Cl. The minimum Gasteiger partial charge on any atom is -0.481 e. The molecule has 1 saturated heterocycles. The average Bonchev–Trinajstić information content (AvgIpc) is 2.95. The molecular weight excluding hydrogens is 363 g/mol. The van der Waals surface area contributed by atoms with Crippen LogP contribution in [-0.4, -0.2) is 46.0 Å². The lowest BCUT2D eigenvalue weighted by atomic mass is 10.1. The molecular formula is C15H17ClF3N3O3. The highest BCUT2D eigenvalue weighted by atomic mass is 35.5. The van der Waals surface area contributed by atoms with Gasteiger partial charge in [0, 0.05) is 31.7 Å². The lowest BCUT2D eigenvalue weighted by Gasteiger charge is -2.23. The number of alkyl halides is 3. The van der Waals surface area contributed by atoms with Gasteiger partial charge in [0.15, 0.2) is 0 Å². The zero-order valence-corrected chi connectivity index (χ0v) is 13.9. The number of carboxylic acids is 1. The van der Waals surface area contributed by atoms with Crippen LogP contribution in [0, 0.1) is 0 Å². The number of hydrogen-bond acceptors (Lipinski definition) is 4. The van der Waals surface area contributed by atoms with E-state index in [2.05, 4.69) is 10.3 Å². The number of nitrogens with zero attached hydrogens (tertiary/aromatic N) is 2. The molecule has 1 aliphatic heterocycles. The van der Waals surface area contributed by atoms with Crippen LogP contribution >= 0.6 is 11.6 Å². The first-order valence-electron chi connectivity index (χ1n) is 7.66. The lowest BCUT2D eigenvalue weighted by molar-refractivity contribution is -0.140. The van der Waals surface area contributed by atoms with Gasteiger partial charge in [0.05, 0.1) is 17.0 Å². The van der Waals surface area contributed by atoms with Gasteiger partial charge in [-0.2, -0.15) is 13.2 Å². The number of pyridine rings is 1. The molecule has 1 fully saturated rings. The Hall–Kier alpha value is -2.03. The van der Waals surface area contributed by atoms with Crippen LogP contribution in [0.1, 0.15) is 31.2 Å². The van der Waals surface area contributed by atoms with Crippen molar-refractivity contribution in [2.75, 3.05) is 18.4 Å². The lowest BCUT2D eigenvalue weighted by Crippen LogP contribution is -2.37. The minimum absolute atomic E-state index is 0.0611. The van der Waals surface area contributed by atoms with Gasteiger partial charge in [-0.25, -0.2) is 4.98 Å². The molecule has 0 bridgehead atoms. The van der Waals surface area contributed by atoms with E-state index in [1.807, 2.05) is 0 Å². The number of halogens is 4. The fourth-order valence-corrected chi connectivity index (χ4v) is 2.97. The van der Waals surface area contributed by atoms with E-state index >= 15 is 0 Å². The van der Waals surface area contributed by atoms with Gasteiger partial charge in [-0.1, -0.05) is 11.6 Å². The van der Waals surface area contributed by atoms with Crippen molar-refractivity contribution < 1.29 is 27.9 Å². The zero-order chi connectivity index (χ0) is 18.6. The molecule has 2 N–H and O–H groups in total. The predicted molar refractivity (Wildman–Crippen MR) is 84.3 cm³/mol. The number of amides is 1. The van der Waals surface area contributed by atoms with Gasteiger partial charge in [-0.3, -0.25) is 9.59 Å². The molecule has 2 heterocycles. The summed E-state index contributed by atoms with van der Waals surface area (Å²) in [5.41, 5.74) is -0.951. The van der Waals surface area contributed by atoms with Crippen LogP contribution in [0.4, 0.5) is 19.0 Å². The van der Waals surface area contributed by atoms with Crippen molar-refractivity contribution in [1.29, 1.82) is 0 Å². The standard InChI is InChI=1S/C15H17ClF3N3O3/c16-11-6-9(15(17,18)19)8-21-14(11)20-4-3-12(23)22-5-1-2-10(22)7-13(24)25/h6,8,10H,1-5,7H2,(H,20,21)(H,24,25). The molecule has 0 saturated carbocycles. The van der Waals surface area contributed by atoms with Crippen molar-refractivity contribution in [2.45, 2.75) is 37.9 Å². The van der Waals surface area contributed by atoms with E-state index in [0.29, 0.717) is 19.2 Å². The molecule has 10 heteroatoms.